The number of hydrogen-bond donors (Lipinski definition) is 2. The molecule has 2 unspecified atom stereocenters. The fraction of sp³-hybridized carbons (Fsp3) is 0.621. The number of likely N-dealkylation sites (N-methyl/N-ethyl adjacent to an activating group) is 2. The van der Waals surface area contributed by atoms with Crippen LogP contribution in [0.4, 0.5) is 0 Å². The molecule has 1 aromatic carbocycles. The van der Waals surface area contributed by atoms with E-state index in [-0.39, 0.29) is 30.4 Å². The molecule has 7 heteroatoms. The largest absolute Gasteiger partial charge is 0.370 e. The number of carbonyl (C=O) groups excluding carboxylic acids is 3. The minimum absolute atomic E-state index is 0.0381. The molecule has 0 aliphatic carbocycles. The molecule has 0 saturated carbocycles. The number of hydrogen-bond acceptors (Lipinski definition) is 5. The van der Waals surface area contributed by atoms with Gasteiger partial charge >= 0.3 is 0 Å². The van der Waals surface area contributed by atoms with Gasteiger partial charge in [0.25, 0.3) is 0 Å². The first kappa shape index (κ1) is 31.5. The summed E-state index contributed by atoms with van der Waals surface area (Å²) in [5, 5.41) is 6.25. The van der Waals surface area contributed by atoms with Gasteiger partial charge in [0.1, 0.15) is 18.9 Å². The average Bonchev–Trinajstić information content (AvgIpc) is 2.80. The maximum atomic E-state index is 13.8. The van der Waals surface area contributed by atoms with Crippen LogP contribution in [0.15, 0.2) is 42.0 Å². The van der Waals surface area contributed by atoms with Crippen LogP contribution in [0.25, 0.3) is 0 Å². The lowest BCUT2D eigenvalue weighted by Gasteiger charge is -2.40. The van der Waals surface area contributed by atoms with Gasteiger partial charge in [0.05, 0.1) is 18.7 Å². The maximum Gasteiger partial charge on any atom is 0.245 e. The van der Waals surface area contributed by atoms with E-state index in [1.165, 1.54) is 0 Å². The Kier molecular flexibility index (Phi) is 12.0. The lowest BCUT2D eigenvalue weighted by molar-refractivity contribution is -0.140. The molecule has 0 radical (unpaired) electrons. The van der Waals surface area contributed by atoms with Gasteiger partial charge in [0.2, 0.25) is 11.8 Å². The molecular weight excluding hydrogens is 454 g/mol. The molecule has 202 valence electrons. The minimum Gasteiger partial charge on any atom is -0.370 e. The van der Waals surface area contributed by atoms with Gasteiger partial charge in [0, 0.05) is 12.5 Å². The monoisotopic (exact) mass is 501 g/mol. The van der Waals surface area contributed by atoms with E-state index in [1.54, 1.807) is 19.0 Å². The van der Waals surface area contributed by atoms with Gasteiger partial charge in [-0.2, -0.15) is 0 Å². The highest BCUT2D eigenvalue weighted by molar-refractivity contribution is 5.91. The molecular formula is C29H47N3O4. The van der Waals surface area contributed by atoms with Crippen LogP contribution in [0, 0.1) is 11.3 Å². The Balaban J connectivity index is 3.21. The van der Waals surface area contributed by atoms with Crippen LogP contribution in [-0.4, -0.2) is 68.4 Å². The summed E-state index contributed by atoms with van der Waals surface area (Å²) in [6, 6.07) is 8.44. The van der Waals surface area contributed by atoms with E-state index in [2.05, 4.69) is 24.5 Å². The number of benzene rings is 1. The third kappa shape index (κ3) is 8.56. The second-order valence-electron chi connectivity index (χ2n) is 11.5. The maximum absolute atomic E-state index is 13.8. The van der Waals surface area contributed by atoms with Crippen molar-refractivity contribution in [3.8, 4) is 0 Å². The van der Waals surface area contributed by atoms with Crippen molar-refractivity contribution in [1.82, 2.24) is 15.5 Å². The fourth-order valence-electron chi connectivity index (χ4n) is 4.44. The quantitative estimate of drug-likeness (QED) is 0.244. The van der Waals surface area contributed by atoms with E-state index in [1.807, 2.05) is 78.0 Å². The predicted molar refractivity (Wildman–Crippen MR) is 146 cm³/mol. The molecule has 0 saturated heterocycles. The molecule has 2 amide bonds. The van der Waals surface area contributed by atoms with Gasteiger partial charge in [-0.3, -0.25) is 9.59 Å². The number of nitrogens with zero attached hydrogens (tertiary/aromatic N) is 1. The number of nitrogens with one attached hydrogen (secondary N) is 2. The van der Waals surface area contributed by atoms with Crippen LogP contribution in [0.5, 0.6) is 0 Å². The molecule has 0 aliphatic heterocycles. The normalized spacial score (nSPS) is 15.2. The van der Waals surface area contributed by atoms with Crippen molar-refractivity contribution in [3.63, 3.8) is 0 Å². The van der Waals surface area contributed by atoms with Crippen LogP contribution in [0.3, 0.4) is 0 Å². The second kappa shape index (κ2) is 13.7. The van der Waals surface area contributed by atoms with E-state index in [4.69, 9.17) is 4.74 Å². The van der Waals surface area contributed by atoms with Crippen LogP contribution in [0.2, 0.25) is 0 Å². The Hall–Kier alpha value is -2.51. The number of rotatable bonds is 13. The molecule has 0 aromatic heterocycles. The van der Waals surface area contributed by atoms with Crippen molar-refractivity contribution in [1.29, 1.82) is 0 Å². The zero-order valence-electron chi connectivity index (χ0n) is 23.8. The summed E-state index contributed by atoms with van der Waals surface area (Å²) in [4.78, 5) is 39.7. The van der Waals surface area contributed by atoms with Crippen molar-refractivity contribution in [2.45, 2.75) is 78.9 Å². The molecule has 0 fully saturated rings. The zero-order valence-corrected chi connectivity index (χ0v) is 23.8. The van der Waals surface area contributed by atoms with Crippen molar-refractivity contribution < 1.29 is 19.1 Å². The molecule has 3 atom stereocenters. The molecule has 0 bridgehead atoms. The second-order valence-corrected chi connectivity index (χ2v) is 11.5. The predicted octanol–water partition coefficient (Wildman–Crippen LogP) is 3.73. The summed E-state index contributed by atoms with van der Waals surface area (Å²) >= 11 is 0. The highest BCUT2D eigenvalue weighted by Crippen LogP contribution is 2.29. The Labute approximate surface area is 218 Å². The van der Waals surface area contributed by atoms with Crippen molar-refractivity contribution in [3.05, 3.63) is 47.5 Å². The Morgan fingerprint density at radius 2 is 1.64 bits per heavy atom. The van der Waals surface area contributed by atoms with Crippen molar-refractivity contribution >= 4 is 18.1 Å². The number of amides is 2. The summed E-state index contributed by atoms with van der Waals surface area (Å²) in [5.74, 6) is -0.235. The van der Waals surface area contributed by atoms with E-state index < -0.39 is 22.9 Å². The lowest BCUT2D eigenvalue weighted by atomic mass is 9.76. The van der Waals surface area contributed by atoms with Gasteiger partial charge in [-0.25, -0.2) is 0 Å². The first-order valence-corrected chi connectivity index (χ1v) is 12.7. The van der Waals surface area contributed by atoms with Gasteiger partial charge in [-0.15, -0.1) is 0 Å². The number of aldehydes is 1. The molecule has 1 aromatic rings. The van der Waals surface area contributed by atoms with E-state index in [0.29, 0.717) is 6.61 Å². The highest BCUT2D eigenvalue weighted by Gasteiger charge is 2.41. The van der Waals surface area contributed by atoms with E-state index >= 15 is 0 Å². The summed E-state index contributed by atoms with van der Waals surface area (Å²) in [6.07, 6.45) is 2.72. The van der Waals surface area contributed by atoms with Crippen LogP contribution in [-0.2, 0) is 24.5 Å². The molecule has 36 heavy (non-hydrogen) atoms. The van der Waals surface area contributed by atoms with Crippen LogP contribution < -0.4 is 10.6 Å². The summed E-state index contributed by atoms with van der Waals surface area (Å²) < 4.78 is 5.32. The lowest BCUT2D eigenvalue weighted by Crippen LogP contribution is -2.61. The van der Waals surface area contributed by atoms with Gasteiger partial charge < -0.3 is 25.1 Å². The van der Waals surface area contributed by atoms with Crippen molar-refractivity contribution in [2.24, 2.45) is 11.3 Å². The number of ether oxygens (including phenoxy) is 1. The first-order chi connectivity index (χ1) is 16.7. The summed E-state index contributed by atoms with van der Waals surface area (Å²) in [7, 11) is 3.54. The Bertz CT molecular complexity index is 888. The third-order valence-corrected chi connectivity index (χ3v) is 6.64. The van der Waals surface area contributed by atoms with Crippen molar-refractivity contribution in [2.75, 3.05) is 27.3 Å². The van der Waals surface area contributed by atoms with E-state index in [9.17, 15) is 14.4 Å². The van der Waals surface area contributed by atoms with Gasteiger partial charge in [-0.05, 0) is 36.4 Å². The Morgan fingerprint density at radius 3 is 2.11 bits per heavy atom. The molecule has 0 aliphatic rings. The molecule has 0 heterocycles. The minimum atomic E-state index is -0.723. The fourth-order valence-corrected chi connectivity index (χ4v) is 4.44. The smallest absolute Gasteiger partial charge is 0.245 e. The molecule has 2 N–H and O–H groups in total. The highest BCUT2D eigenvalue weighted by atomic mass is 16.5. The van der Waals surface area contributed by atoms with E-state index in [0.717, 1.165) is 17.4 Å². The standard InChI is InChI=1S/C29H47N3O4/c1-20(2)23(18-21(3)19-36-17-16-33)32(10)27(35)25(28(4,5)6)31-26(34)24(30-9)29(7,8)22-14-12-11-13-15-22/h11-16,18,20,23-25,30H,17,19H2,1-10H3,(H,31,34)/b21-18+/t23-,24?,25?/m1/s1. The average molecular weight is 502 g/mol. The topological polar surface area (TPSA) is 87.7 Å². The summed E-state index contributed by atoms with van der Waals surface area (Å²) in [5.41, 5.74) is 0.960. The third-order valence-electron chi connectivity index (χ3n) is 6.64. The first-order valence-electron chi connectivity index (χ1n) is 12.7. The van der Waals surface area contributed by atoms with Crippen LogP contribution in [0.1, 0.15) is 61.0 Å². The molecule has 7 nitrogen and oxygen atoms in total. The van der Waals surface area contributed by atoms with Gasteiger partial charge in [0.15, 0.2) is 0 Å². The SMILES string of the molecule is CNC(C(=O)NC(C(=O)N(C)[C@H](/C=C(\C)COCC=O)C(C)C)C(C)(C)C)C(C)(C)c1ccccc1. The zero-order chi connectivity index (χ0) is 27.7. The molecule has 1 rings (SSSR count). The van der Waals surface area contributed by atoms with Crippen LogP contribution >= 0.6 is 0 Å². The Morgan fingerprint density at radius 1 is 1.06 bits per heavy atom. The number of carbonyl (C=O) groups is 3. The summed E-state index contributed by atoms with van der Waals surface area (Å²) in [6.45, 7) is 16.3. The molecule has 0 spiro atoms. The van der Waals surface area contributed by atoms with Gasteiger partial charge in [-0.1, -0.05) is 84.9 Å².